The molecule has 0 spiro atoms. The molecule has 0 aliphatic carbocycles. The summed E-state index contributed by atoms with van der Waals surface area (Å²) in [7, 11) is 0. The molecule has 0 aromatic heterocycles. The van der Waals surface area contributed by atoms with Crippen molar-refractivity contribution in [1.29, 1.82) is 0 Å². The van der Waals surface area contributed by atoms with Crippen LogP contribution in [0.2, 0.25) is 0 Å². The van der Waals surface area contributed by atoms with Crippen molar-refractivity contribution in [3.8, 4) is 11.5 Å². The number of ether oxygens (including phenoxy) is 2. The average molecular weight is 244 g/mol. The van der Waals surface area contributed by atoms with Crippen LogP contribution < -0.4 is 9.47 Å². The van der Waals surface area contributed by atoms with E-state index in [2.05, 4.69) is 32.2 Å². The van der Waals surface area contributed by atoms with Crippen LogP contribution in [-0.2, 0) is 0 Å². The molecule has 0 atom stereocenters. The van der Waals surface area contributed by atoms with Crippen LogP contribution in [0.5, 0.6) is 11.5 Å². The highest BCUT2D eigenvalue weighted by atomic mass is 32.1. The minimum absolute atomic E-state index is 0.613. The smallest absolute Gasteiger partial charge is 0.162 e. The molecule has 0 amide bonds. The molecule has 0 bridgehead atoms. The van der Waals surface area contributed by atoms with E-state index in [-0.39, 0.29) is 0 Å². The van der Waals surface area contributed by atoms with Crippen molar-refractivity contribution in [2.45, 2.75) is 30.1 Å². The molecule has 0 saturated heterocycles. The van der Waals surface area contributed by atoms with Gasteiger partial charge in [-0.25, -0.2) is 0 Å². The first-order chi connectivity index (χ1) is 7.19. The molecule has 1 rings (SSSR count). The lowest BCUT2D eigenvalue weighted by Crippen LogP contribution is -2.00. The van der Waals surface area contributed by atoms with Gasteiger partial charge in [0.2, 0.25) is 0 Å². The van der Waals surface area contributed by atoms with Crippen molar-refractivity contribution >= 4 is 25.3 Å². The molecule has 0 N–H and O–H groups in total. The molecule has 0 aliphatic rings. The molecule has 4 heteroatoms. The zero-order valence-electron chi connectivity index (χ0n) is 8.99. The summed E-state index contributed by atoms with van der Waals surface area (Å²) < 4.78 is 11.0. The molecule has 15 heavy (non-hydrogen) atoms. The maximum Gasteiger partial charge on any atom is 0.162 e. The minimum Gasteiger partial charge on any atom is -0.490 e. The molecular formula is C11H16O2S2. The third kappa shape index (κ3) is 3.54. The van der Waals surface area contributed by atoms with Crippen LogP contribution in [0.1, 0.15) is 20.3 Å². The van der Waals surface area contributed by atoms with E-state index in [1.54, 1.807) is 0 Å². The van der Waals surface area contributed by atoms with Gasteiger partial charge in [0.15, 0.2) is 11.5 Å². The number of hydrogen-bond acceptors (Lipinski definition) is 4. The van der Waals surface area contributed by atoms with Crippen molar-refractivity contribution in [3.63, 3.8) is 0 Å². The third-order valence-corrected chi connectivity index (χ3v) is 2.72. The van der Waals surface area contributed by atoms with Crippen LogP contribution in [0.15, 0.2) is 21.9 Å². The van der Waals surface area contributed by atoms with Gasteiger partial charge in [0.1, 0.15) is 0 Å². The Hall–Kier alpha value is -0.480. The lowest BCUT2D eigenvalue weighted by atomic mass is 10.3. The van der Waals surface area contributed by atoms with Gasteiger partial charge in [0, 0.05) is 9.79 Å². The summed E-state index contributed by atoms with van der Waals surface area (Å²) in [5.41, 5.74) is 0. The van der Waals surface area contributed by atoms with E-state index >= 15 is 0 Å². The normalized spacial score (nSPS) is 10.1. The largest absolute Gasteiger partial charge is 0.490 e. The van der Waals surface area contributed by atoms with E-state index in [9.17, 15) is 0 Å². The van der Waals surface area contributed by atoms with Gasteiger partial charge in [-0.05, 0) is 25.5 Å². The van der Waals surface area contributed by atoms with E-state index in [4.69, 9.17) is 9.47 Å². The van der Waals surface area contributed by atoms with Crippen molar-refractivity contribution < 1.29 is 9.47 Å². The second-order valence-corrected chi connectivity index (χ2v) is 4.03. The van der Waals surface area contributed by atoms with E-state index in [1.165, 1.54) is 0 Å². The highest BCUT2D eigenvalue weighted by Crippen LogP contribution is 2.34. The first kappa shape index (κ1) is 12.6. The second-order valence-electron chi connectivity index (χ2n) is 3.07. The molecule has 0 radical (unpaired) electrons. The maximum atomic E-state index is 5.57. The fraction of sp³-hybridized carbons (Fsp3) is 0.455. The van der Waals surface area contributed by atoms with E-state index in [1.807, 2.05) is 19.1 Å². The van der Waals surface area contributed by atoms with Gasteiger partial charge in [-0.15, -0.1) is 25.3 Å². The van der Waals surface area contributed by atoms with Gasteiger partial charge in [-0.1, -0.05) is 6.92 Å². The topological polar surface area (TPSA) is 18.5 Å². The Kier molecular flexibility index (Phi) is 5.19. The zero-order chi connectivity index (χ0) is 11.3. The molecule has 0 heterocycles. The van der Waals surface area contributed by atoms with Crippen LogP contribution in [0.3, 0.4) is 0 Å². The molecular weight excluding hydrogens is 228 g/mol. The Morgan fingerprint density at radius 2 is 1.53 bits per heavy atom. The predicted molar refractivity (Wildman–Crippen MR) is 67.9 cm³/mol. The highest BCUT2D eigenvalue weighted by Gasteiger charge is 2.08. The first-order valence-corrected chi connectivity index (χ1v) is 5.90. The number of rotatable bonds is 5. The summed E-state index contributed by atoms with van der Waals surface area (Å²) in [6, 6.07) is 3.67. The summed E-state index contributed by atoms with van der Waals surface area (Å²) in [4.78, 5) is 1.60. The Labute approximate surface area is 102 Å². The summed E-state index contributed by atoms with van der Waals surface area (Å²) in [5, 5.41) is 0. The molecule has 0 fully saturated rings. The summed E-state index contributed by atoms with van der Waals surface area (Å²) in [6.07, 6.45) is 0.968. The van der Waals surface area contributed by atoms with Crippen LogP contribution in [0.25, 0.3) is 0 Å². The summed E-state index contributed by atoms with van der Waals surface area (Å²) in [5.74, 6) is 1.47. The molecule has 2 nitrogen and oxygen atoms in total. The Morgan fingerprint density at radius 3 is 2.00 bits per heavy atom. The van der Waals surface area contributed by atoms with Gasteiger partial charge >= 0.3 is 0 Å². The zero-order valence-corrected chi connectivity index (χ0v) is 10.8. The fourth-order valence-corrected chi connectivity index (χ4v) is 1.50. The maximum absolute atomic E-state index is 5.57. The van der Waals surface area contributed by atoms with Crippen molar-refractivity contribution in [3.05, 3.63) is 12.1 Å². The molecule has 1 aromatic carbocycles. The lowest BCUT2D eigenvalue weighted by molar-refractivity contribution is 0.275. The number of hydrogen-bond donors (Lipinski definition) is 2. The number of thiol groups is 2. The van der Waals surface area contributed by atoms with Gasteiger partial charge in [0.05, 0.1) is 13.2 Å². The standard InChI is InChI=1S/C11H16O2S2/c1-3-5-13-9-7-11(15)10(14)6-8(9)12-4-2/h6-7,14-15H,3-5H2,1-2H3. The van der Waals surface area contributed by atoms with E-state index < -0.39 is 0 Å². The minimum atomic E-state index is 0.613. The Balaban J connectivity index is 2.93. The van der Waals surface area contributed by atoms with Crippen LogP contribution in [-0.4, -0.2) is 13.2 Å². The lowest BCUT2D eigenvalue weighted by Gasteiger charge is -2.13. The Morgan fingerprint density at radius 1 is 1.00 bits per heavy atom. The molecule has 1 aromatic rings. The third-order valence-electron chi connectivity index (χ3n) is 1.80. The van der Waals surface area contributed by atoms with Crippen LogP contribution in [0.4, 0.5) is 0 Å². The molecule has 0 saturated carbocycles. The van der Waals surface area contributed by atoms with Crippen molar-refractivity contribution in [2.75, 3.05) is 13.2 Å². The molecule has 84 valence electrons. The SMILES string of the molecule is CCCOc1cc(S)c(S)cc1OCC. The van der Waals surface area contributed by atoms with E-state index in [0.717, 1.165) is 27.7 Å². The average Bonchev–Trinajstić information content (AvgIpc) is 2.21. The first-order valence-electron chi connectivity index (χ1n) is 5.00. The summed E-state index contributed by atoms with van der Waals surface area (Å²) in [6.45, 7) is 5.30. The predicted octanol–water partition coefficient (Wildman–Crippen LogP) is 3.45. The van der Waals surface area contributed by atoms with Gasteiger partial charge in [-0.2, -0.15) is 0 Å². The van der Waals surface area contributed by atoms with Gasteiger partial charge in [0.25, 0.3) is 0 Å². The number of benzene rings is 1. The molecule has 0 aliphatic heterocycles. The monoisotopic (exact) mass is 244 g/mol. The van der Waals surface area contributed by atoms with Crippen LogP contribution >= 0.6 is 25.3 Å². The molecule has 0 unspecified atom stereocenters. The fourth-order valence-electron chi connectivity index (χ4n) is 1.13. The Bertz CT molecular complexity index is 327. The van der Waals surface area contributed by atoms with Gasteiger partial charge < -0.3 is 9.47 Å². The van der Waals surface area contributed by atoms with E-state index in [0.29, 0.717) is 13.2 Å². The quantitative estimate of drug-likeness (QED) is 0.773. The summed E-state index contributed by atoms with van der Waals surface area (Å²) >= 11 is 8.58. The van der Waals surface area contributed by atoms with Crippen molar-refractivity contribution in [1.82, 2.24) is 0 Å². The van der Waals surface area contributed by atoms with Crippen LogP contribution in [0, 0.1) is 0 Å². The second kappa shape index (κ2) is 6.18. The highest BCUT2D eigenvalue weighted by molar-refractivity contribution is 7.83. The van der Waals surface area contributed by atoms with Gasteiger partial charge in [-0.3, -0.25) is 0 Å². The van der Waals surface area contributed by atoms with Crippen molar-refractivity contribution in [2.24, 2.45) is 0 Å².